The van der Waals surface area contributed by atoms with Crippen molar-refractivity contribution in [3.05, 3.63) is 34.3 Å². The van der Waals surface area contributed by atoms with Crippen LogP contribution in [0, 0.1) is 5.92 Å². The highest BCUT2D eigenvalue weighted by atomic mass is 32.1. The molecule has 0 aliphatic heterocycles. The standard InChI is InChI=1S/C18H20N8O2S2/c1-10(27)21-17-26-24-16(30-17)13-3-2-11(4-13)6-15-23-25-18(29-15)22-14(28)5-12-7-19-9-20-8-12/h7-9,11,13H,2-6H2,1H3,(H,21,26,27)(H,22,25,28). The van der Waals surface area contributed by atoms with Crippen molar-refractivity contribution in [2.45, 2.75) is 44.9 Å². The highest BCUT2D eigenvalue weighted by Gasteiger charge is 2.29. The molecule has 0 bridgehead atoms. The third kappa shape index (κ3) is 5.39. The van der Waals surface area contributed by atoms with Gasteiger partial charge in [0.05, 0.1) is 6.42 Å². The molecular formula is C18H20N8O2S2. The van der Waals surface area contributed by atoms with Crippen LogP contribution in [0.1, 0.15) is 47.7 Å². The van der Waals surface area contributed by atoms with Gasteiger partial charge in [-0.2, -0.15) is 0 Å². The van der Waals surface area contributed by atoms with E-state index in [-0.39, 0.29) is 18.2 Å². The topological polar surface area (TPSA) is 136 Å². The lowest BCUT2D eigenvalue weighted by Crippen LogP contribution is -2.14. The number of amides is 2. The molecule has 1 aliphatic carbocycles. The molecule has 1 fully saturated rings. The molecule has 30 heavy (non-hydrogen) atoms. The number of carbonyl (C=O) groups is 2. The maximum Gasteiger partial charge on any atom is 0.230 e. The van der Waals surface area contributed by atoms with E-state index in [2.05, 4.69) is 41.0 Å². The van der Waals surface area contributed by atoms with Crippen LogP contribution in [0.15, 0.2) is 18.7 Å². The van der Waals surface area contributed by atoms with Gasteiger partial charge in [0, 0.05) is 31.7 Å². The van der Waals surface area contributed by atoms with Crippen molar-refractivity contribution < 1.29 is 9.59 Å². The fourth-order valence-electron chi connectivity index (χ4n) is 3.49. The van der Waals surface area contributed by atoms with Crippen LogP contribution < -0.4 is 10.6 Å². The summed E-state index contributed by atoms with van der Waals surface area (Å²) in [5.41, 5.74) is 0.745. The first-order valence-electron chi connectivity index (χ1n) is 9.52. The van der Waals surface area contributed by atoms with Gasteiger partial charge in [-0.15, -0.1) is 20.4 Å². The molecule has 3 heterocycles. The largest absolute Gasteiger partial charge is 0.301 e. The molecule has 1 aliphatic rings. The van der Waals surface area contributed by atoms with E-state index >= 15 is 0 Å². The van der Waals surface area contributed by atoms with E-state index in [1.165, 1.54) is 35.9 Å². The van der Waals surface area contributed by atoms with Crippen LogP contribution in [0.2, 0.25) is 0 Å². The summed E-state index contributed by atoms with van der Waals surface area (Å²) in [7, 11) is 0. The van der Waals surface area contributed by atoms with Gasteiger partial charge in [-0.3, -0.25) is 9.59 Å². The molecule has 1 saturated carbocycles. The molecule has 156 valence electrons. The Hall–Kier alpha value is -2.86. The van der Waals surface area contributed by atoms with E-state index in [4.69, 9.17) is 0 Å². The SMILES string of the molecule is CC(=O)Nc1nnc(C2CCC(Cc3nnc(NC(=O)Cc4cncnc4)s3)C2)s1. The monoisotopic (exact) mass is 444 g/mol. The van der Waals surface area contributed by atoms with Crippen molar-refractivity contribution in [2.75, 3.05) is 10.6 Å². The number of nitrogens with one attached hydrogen (secondary N) is 2. The van der Waals surface area contributed by atoms with E-state index in [0.717, 1.165) is 41.3 Å². The van der Waals surface area contributed by atoms with Crippen LogP contribution in [0.3, 0.4) is 0 Å². The molecule has 10 nitrogen and oxygen atoms in total. The minimum atomic E-state index is -0.167. The first kappa shape index (κ1) is 20.4. The van der Waals surface area contributed by atoms with E-state index in [1.54, 1.807) is 12.4 Å². The molecule has 0 saturated heterocycles. The normalized spacial score (nSPS) is 18.3. The zero-order valence-corrected chi connectivity index (χ0v) is 17.9. The Morgan fingerprint density at radius 3 is 2.60 bits per heavy atom. The zero-order chi connectivity index (χ0) is 20.9. The summed E-state index contributed by atoms with van der Waals surface area (Å²) < 4.78 is 0. The lowest BCUT2D eigenvalue weighted by molar-refractivity contribution is -0.116. The van der Waals surface area contributed by atoms with Gasteiger partial charge in [0.15, 0.2) is 0 Å². The fraction of sp³-hybridized carbons (Fsp3) is 0.444. The Morgan fingerprint density at radius 2 is 1.80 bits per heavy atom. The number of rotatable bonds is 7. The van der Waals surface area contributed by atoms with Gasteiger partial charge < -0.3 is 10.6 Å². The molecule has 4 rings (SSSR count). The van der Waals surface area contributed by atoms with Crippen molar-refractivity contribution in [2.24, 2.45) is 5.92 Å². The molecule has 0 aromatic carbocycles. The van der Waals surface area contributed by atoms with Crippen molar-refractivity contribution in [3.63, 3.8) is 0 Å². The summed E-state index contributed by atoms with van der Waals surface area (Å²) in [6, 6.07) is 0. The highest BCUT2D eigenvalue weighted by Crippen LogP contribution is 2.41. The Balaban J connectivity index is 1.27. The van der Waals surface area contributed by atoms with E-state index in [1.807, 2.05) is 0 Å². The number of hydrogen-bond donors (Lipinski definition) is 2. The van der Waals surface area contributed by atoms with Gasteiger partial charge in [0.25, 0.3) is 0 Å². The van der Waals surface area contributed by atoms with E-state index in [9.17, 15) is 9.59 Å². The lowest BCUT2D eigenvalue weighted by Gasteiger charge is -2.06. The Morgan fingerprint density at radius 1 is 1.03 bits per heavy atom. The number of carbonyl (C=O) groups excluding carboxylic acids is 2. The van der Waals surface area contributed by atoms with Crippen LogP contribution >= 0.6 is 22.7 Å². The molecule has 3 aromatic heterocycles. The van der Waals surface area contributed by atoms with Crippen molar-refractivity contribution in [1.29, 1.82) is 0 Å². The van der Waals surface area contributed by atoms with Gasteiger partial charge in [0.1, 0.15) is 16.3 Å². The smallest absolute Gasteiger partial charge is 0.230 e. The summed E-state index contributed by atoms with van der Waals surface area (Å²) in [5, 5.41) is 25.0. The molecule has 0 spiro atoms. The summed E-state index contributed by atoms with van der Waals surface area (Å²) in [6.45, 7) is 1.46. The maximum absolute atomic E-state index is 12.1. The quantitative estimate of drug-likeness (QED) is 0.567. The summed E-state index contributed by atoms with van der Waals surface area (Å²) in [4.78, 5) is 31.1. The Kier molecular flexibility index (Phi) is 6.33. The second-order valence-corrected chi connectivity index (χ2v) is 9.25. The lowest BCUT2D eigenvalue weighted by atomic mass is 10.0. The van der Waals surface area contributed by atoms with Gasteiger partial charge in [0.2, 0.25) is 22.1 Å². The number of nitrogens with zero attached hydrogens (tertiary/aromatic N) is 6. The second kappa shape index (κ2) is 9.30. The van der Waals surface area contributed by atoms with Gasteiger partial charge in [-0.05, 0) is 30.7 Å². The van der Waals surface area contributed by atoms with Crippen LogP contribution in [0.5, 0.6) is 0 Å². The Bertz CT molecular complexity index is 1020. The van der Waals surface area contributed by atoms with Crippen molar-refractivity contribution in [1.82, 2.24) is 30.4 Å². The third-order valence-electron chi connectivity index (χ3n) is 4.77. The average Bonchev–Trinajstić information content (AvgIpc) is 3.44. The second-order valence-electron chi connectivity index (χ2n) is 7.18. The molecule has 2 atom stereocenters. The number of hydrogen-bond acceptors (Lipinski definition) is 10. The molecule has 2 unspecified atom stereocenters. The van der Waals surface area contributed by atoms with Crippen molar-refractivity contribution in [3.8, 4) is 0 Å². The molecule has 0 radical (unpaired) electrons. The molecule has 12 heteroatoms. The third-order valence-corrected chi connectivity index (χ3v) is 6.63. The van der Waals surface area contributed by atoms with Gasteiger partial charge in [-0.1, -0.05) is 22.7 Å². The predicted octanol–water partition coefficient (Wildman–Crippen LogP) is 2.45. The van der Waals surface area contributed by atoms with Crippen LogP contribution in [0.25, 0.3) is 0 Å². The molecular weight excluding hydrogens is 424 g/mol. The zero-order valence-electron chi connectivity index (χ0n) is 16.2. The average molecular weight is 445 g/mol. The van der Waals surface area contributed by atoms with Gasteiger partial charge in [-0.25, -0.2) is 9.97 Å². The van der Waals surface area contributed by atoms with Crippen LogP contribution in [-0.2, 0) is 22.4 Å². The summed E-state index contributed by atoms with van der Waals surface area (Å²) >= 11 is 2.85. The van der Waals surface area contributed by atoms with E-state index < -0.39 is 0 Å². The number of aromatic nitrogens is 6. The van der Waals surface area contributed by atoms with Gasteiger partial charge >= 0.3 is 0 Å². The summed E-state index contributed by atoms with van der Waals surface area (Å²) in [5.74, 6) is 0.536. The van der Waals surface area contributed by atoms with Crippen LogP contribution in [0.4, 0.5) is 10.3 Å². The minimum absolute atomic E-state index is 0.140. The molecule has 2 amide bonds. The van der Waals surface area contributed by atoms with Crippen molar-refractivity contribution >= 4 is 44.8 Å². The highest BCUT2D eigenvalue weighted by molar-refractivity contribution is 7.15. The maximum atomic E-state index is 12.1. The molecule has 2 N–H and O–H groups in total. The predicted molar refractivity (Wildman–Crippen MR) is 112 cm³/mol. The first-order chi connectivity index (χ1) is 14.5. The first-order valence-corrected chi connectivity index (χ1v) is 11.2. The minimum Gasteiger partial charge on any atom is -0.301 e. The Labute approximate surface area is 180 Å². The van der Waals surface area contributed by atoms with Crippen LogP contribution in [-0.4, -0.2) is 42.2 Å². The molecule has 3 aromatic rings. The fourth-order valence-corrected chi connectivity index (χ4v) is 5.30. The summed E-state index contributed by atoms with van der Waals surface area (Å²) in [6.07, 6.45) is 8.81. The number of anilines is 2. The van der Waals surface area contributed by atoms with E-state index in [0.29, 0.717) is 22.1 Å².